The molecule has 200 valence electrons. The Balaban J connectivity index is 1.48. The number of nitrogens with zero attached hydrogens (tertiary/aromatic N) is 1. The highest BCUT2D eigenvalue weighted by Crippen LogP contribution is 2.48. The van der Waals surface area contributed by atoms with E-state index in [1.807, 2.05) is 43.3 Å². The van der Waals surface area contributed by atoms with Gasteiger partial charge in [-0.1, -0.05) is 37.3 Å². The van der Waals surface area contributed by atoms with Gasteiger partial charge in [0.15, 0.2) is 9.84 Å². The molecule has 6 nitrogen and oxygen atoms in total. The fraction of sp³-hybridized carbons (Fsp3) is 0.355. The quantitative estimate of drug-likeness (QED) is 0.403. The topological polar surface area (TPSA) is 76.1 Å². The number of allylic oxidation sites excluding steroid dienone is 1. The first-order valence-corrected chi connectivity index (χ1v) is 15.0. The van der Waals surface area contributed by atoms with Gasteiger partial charge in [0, 0.05) is 35.5 Å². The van der Waals surface area contributed by atoms with Crippen LogP contribution in [0.4, 0.5) is 0 Å². The maximum absolute atomic E-state index is 12.7. The van der Waals surface area contributed by atoms with Crippen molar-refractivity contribution in [2.75, 3.05) is 26.0 Å². The molecule has 0 aromatic heterocycles. The van der Waals surface area contributed by atoms with E-state index in [2.05, 4.69) is 18.7 Å². The lowest BCUT2D eigenvalue weighted by Gasteiger charge is -2.32. The number of ether oxygens (including phenoxy) is 2. The Morgan fingerprint density at radius 1 is 1.08 bits per heavy atom. The number of sulfone groups is 1. The van der Waals surface area contributed by atoms with Crippen LogP contribution in [0.5, 0.6) is 17.2 Å². The van der Waals surface area contributed by atoms with Crippen molar-refractivity contribution in [2.45, 2.75) is 44.2 Å². The molecule has 2 heterocycles. The largest absolute Gasteiger partial charge is 0.508 e. The van der Waals surface area contributed by atoms with Crippen LogP contribution in [0.3, 0.4) is 0 Å². The molecule has 2 aliphatic heterocycles. The van der Waals surface area contributed by atoms with E-state index < -0.39 is 15.9 Å². The first-order chi connectivity index (χ1) is 18.1. The van der Waals surface area contributed by atoms with Crippen LogP contribution in [0.15, 0.2) is 71.6 Å². The second kappa shape index (κ2) is 10.5. The monoisotopic (exact) mass is 533 g/mol. The summed E-state index contributed by atoms with van der Waals surface area (Å²) in [4.78, 5) is 2.72. The Labute approximate surface area is 225 Å². The summed E-state index contributed by atoms with van der Waals surface area (Å²) in [7, 11) is -3.49. The van der Waals surface area contributed by atoms with Crippen LogP contribution in [0.2, 0.25) is 0 Å². The number of rotatable bonds is 7. The number of hydrogen-bond acceptors (Lipinski definition) is 6. The van der Waals surface area contributed by atoms with Gasteiger partial charge in [0.05, 0.1) is 4.90 Å². The lowest BCUT2D eigenvalue weighted by atomic mass is 9.86. The molecule has 0 bridgehead atoms. The van der Waals surface area contributed by atoms with Crippen molar-refractivity contribution >= 4 is 21.0 Å². The molecule has 5 rings (SSSR count). The summed E-state index contributed by atoms with van der Waals surface area (Å²) in [6.45, 7) is 9.29. The highest BCUT2D eigenvalue weighted by molar-refractivity contribution is 7.90. The molecule has 3 atom stereocenters. The van der Waals surface area contributed by atoms with Crippen molar-refractivity contribution in [3.8, 4) is 17.2 Å². The van der Waals surface area contributed by atoms with E-state index >= 15 is 0 Å². The molecule has 1 N–H and O–H groups in total. The number of fused-ring (bicyclic) bond motifs is 1. The van der Waals surface area contributed by atoms with E-state index in [9.17, 15) is 13.5 Å². The molecule has 2 aliphatic rings. The second-order valence-electron chi connectivity index (χ2n) is 10.6. The van der Waals surface area contributed by atoms with Crippen molar-refractivity contribution in [3.63, 3.8) is 0 Å². The zero-order chi connectivity index (χ0) is 27.0. The summed E-state index contributed by atoms with van der Waals surface area (Å²) in [6.07, 6.45) is 1.92. The summed E-state index contributed by atoms with van der Waals surface area (Å²) >= 11 is 0. The van der Waals surface area contributed by atoms with Crippen LogP contribution >= 0.6 is 0 Å². The highest BCUT2D eigenvalue weighted by Gasteiger charge is 2.32. The fourth-order valence-corrected chi connectivity index (χ4v) is 6.37. The zero-order valence-electron chi connectivity index (χ0n) is 22.3. The number of likely N-dealkylation sites (tertiary alicyclic amines) is 1. The summed E-state index contributed by atoms with van der Waals surface area (Å²) in [5, 5.41) is 10.1. The Hall–Kier alpha value is -3.29. The minimum absolute atomic E-state index is 0.125. The van der Waals surface area contributed by atoms with Gasteiger partial charge in [-0.25, -0.2) is 8.42 Å². The molecular formula is C31H35NO5S. The molecule has 0 radical (unpaired) electrons. The Bertz CT molecular complexity index is 1460. The van der Waals surface area contributed by atoms with Crippen molar-refractivity contribution < 1.29 is 23.0 Å². The molecule has 0 amide bonds. The number of phenols is 1. The summed E-state index contributed by atoms with van der Waals surface area (Å²) in [5.41, 5.74) is 3.84. The molecule has 7 heteroatoms. The average molecular weight is 534 g/mol. The predicted molar refractivity (Wildman–Crippen MR) is 150 cm³/mol. The van der Waals surface area contributed by atoms with Crippen molar-refractivity contribution in [1.29, 1.82) is 0 Å². The molecule has 0 saturated carbocycles. The number of aromatic hydroxyl groups is 1. The standard InChI is InChI=1S/C31H35NO5S/c1-20-15-16-32(18-20)21(2)19-36-25-12-9-23(10-13-25)31-30(26-7-5-6-8-29(26)38(4,34)35)22(3)27-17-24(33)11-14-28(27)37-31/h5-14,17,20-21,31,33H,15-16,18-19H2,1-4H3. The molecule has 3 aromatic rings. The van der Waals surface area contributed by atoms with E-state index in [-0.39, 0.29) is 10.6 Å². The van der Waals surface area contributed by atoms with Crippen LogP contribution < -0.4 is 9.47 Å². The van der Waals surface area contributed by atoms with Gasteiger partial charge in [0.1, 0.15) is 30.0 Å². The maximum atomic E-state index is 12.7. The SMILES string of the molecule is CC1=C(c2ccccc2S(C)(=O)=O)C(c2ccc(OCC(C)N3CCC(C)C3)cc2)Oc2ccc(O)cc21. The first-order valence-electron chi connectivity index (χ1n) is 13.1. The third kappa shape index (κ3) is 5.31. The van der Waals surface area contributed by atoms with Gasteiger partial charge < -0.3 is 14.6 Å². The van der Waals surface area contributed by atoms with E-state index in [0.717, 1.165) is 47.0 Å². The van der Waals surface area contributed by atoms with Crippen molar-refractivity contribution in [3.05, 3.63) is 83.4 Å². The molecule has 3 unspecified atom stereocenters. The summed E-state index contributed by atoms with van der Waals surface area (Å²) < 4.78 is 38.0. The van der Waals surface area contributed by atoms with Gasteiger partial charge in [-0.3, -0.25) is 4.90 Å². The number of hydrogen-bond donors (Lipinski definition) is 1. The van der Waals surface area contributed by atoms with Crippen LogP contribution in [-0.4, -0.2) is 50.4 Å². The van der Waals surface area contributed by atoms with Crippen LogP contribution in [0.25, 0.3) is 11.1 Å². The molecule has 3 aromatic carbocycles. The first kappa shape index (κ1) is 26.3. The van der Waals surface area contributed by atoms with Gasteiger partial charge in [0.2, 0.25) is 0 Å². The zero-order valence-corrected chi connectivity index (χ0v) is 23.2. The predicted octanol–water partition coefficient (Wildman–Crippen LogP) is 5.97. The number of phenolic OH excluding ortho intramolecular Hbond substituents is 1. The fourth-order valence-electron chi connectivity index (χ4n) is 5.46. The summed E-state index contributed by atoms with van der Waals surface area (Å²) in [6, 6.07) is 20.2. The third-order valence-corrected chi connectivity index (χ3v) is 8.76. The van der Waals surface area contributed by atoms with Crippen LogP contribution in [0, 0.1) is 5.92 Å². The smallest absolute Gasteiger partial charge is 0.176 e. The molecule has 1 fully saturated rings. The Kier molecular flexibility index (Phi) is 7.25. The number of benzene rings is 3. The lowest BCUT2D eigenvalue weighted by Crippen LogP contribution is -2.35. The van der Waals surface area contributed by atoms with Gasteiger partial charge in [-0.15, -0.1) is 0 Å². The highest BCUT2D eigenvalue weighted by atomic mass is 32.2. The van der Waals surface area contributed by atoms with Gasteiger partial charge >= 0.3 is 0 Å². The molecular weight excluding hydrogens is 498 g/mol. The third-order valence-electron chi connectivity index (χ3n) is 7.61. The second-order valence-corrected chi connectivity index (χ2v) is 12.6. The van der Waals surface area contributed by atoms with Gasteiger partial charge in [-0.2, -0.15) is 0 Å². The molecule has 0 aliphatic carbocycles. The normalized spacial score (nSPS) is 20.6. The maximum Gasteiger partial charge on any atom is 0.176 e. The minimum Gasteiger partial charge on any atom is -0.508 e. The molecule has 0 spiro atoms. The van der Waals surface area contributed by atoms with Gasteiger partial charge in [-0.05, 0) is 80.3 Å². The van der Waals surface area contributed by atoms with E-state index in [1.54, 1.807) is 30.3 Å². The average Bonchev–Trinajstić information content (AvgIpc) is 3.34. The van der Waals surface area contributed by atoms with E-state index in [0.29, 0.717) is 24.0 Å². The Morgan fingerprint density at radius 2 is 1.82 bits per heavy atom. The summed E-state index contributed by atoms with van der Waals surface area (Å²) in [5.74, 6) is 2.28. The van der Waals surface area contributed by atoms with Crippen molar-refractivity contribution in [1.82, 2.24) is 4.90 Å². The van der Waals surface area contributed by atoms with Crippen LogP contribution in [-0.2, 0) is 9.84 Å². The van der Waals surface area contributed by atoms with E-state index in [1.165, 1.54) is 12.7 Å². The molecule has 38 heavy (non-hydrogen) atoms. The van der Waals surface area contributed by atoms with Crippen LogP contribution in [0.1, 0.15) is 50.0 Å². The lowest BCUT2D eigenvalue weighted by molar-refractivity contribution is 0.169. The van der Waals surface area contributed by atoms with E-state index in [4.69, 9.17) is 9.47 Å². The Morgan fingerprint density at radius 3 is 2.50 bits per heavy atom. The minimum atomic E-state index is -3.49. The van der Waals surface area contributed by atoms with Crippen molar-refractivity contribution in [2.24, 2.45) is 5.92 Å². The van der Waals surface area contributed by atoms with Gasteiger partial charge in [0.25, 0.3) is 0 Å². The molecule has 1 saturated heterocycles.